The second kappa shape index (κ2) is 8.44. The number of hydrogen-bond donors (Lipinski definition) is 1. The number of aromatic nitrogens is 1. The first-order chi connectivity index (χ1) is 14.0. The lowest BCUT2D eigenvalue weighted by atomic mass is 10.1. The highest BCUT2D eigenvalue weighted by Crippen LogP contribution is 2.32. The van der Waals surface area contributed by atoms with Gasteiger partial charge in [0.25, 0.3) is 5.91 Å². The molecule has 158 valence electrons. The molecule has 0 bridgehead atoms. The zero-order valence-electron chi connectivity index (χ0n) is 14.8. The molecule has 0 radical (unpaired) electrons. The van der Waals surface area contributed by atoms with Crippen molar-refractivity contribution >= 4 is 17.2 Å². The summed E-state index contributed by atoms with van der Waals surface area (Å²) in [5.41, 5.74) is 0.935. The van der Waals surface area contributed by atoms with Crippen LogP contribution < -0.4 is 5.48 Å². The number of hydrogen-bond acceptors (Lipinski definition) is 4. The lowest BCUT2D eigenvalue weighted by Crippen LogP contribution is -2.24. The minimum Gasteiger partial charge on any atom is -0.267 e. The van der Waals surface area contributed by atoms with Crippen molar-refractivity contribution in [1.29, 1.82) is 0 Å². The van der Waals surface area contributed by atoms with Crippen LogP contribution in [0.2, 0.25) is 0 Å². The smallest absolute Gasteiger partial charge is 0.267 e. The first kappa shape index (κ1) is 21.8. The van der Waals surface area contributed by atoms with Crippen LogP contribution in [0.4, 0.5) is 26.3 Å². The molecule has 1 amide bonds. The largest absolute Gasteiger partial charge is 0.416 e. The van der Waals surface area contributed by atoms with Gasteiger partial charge < -0.3 is 0 Å². The third-order valence-electron chi connectivity index (χ3n) is 3.85. The van der Waals surface area contributed by atoms with Crippen LogP contribution in [-0.4, -0.2) is 10.9 Å². The van der Waals surface area contributed by atoms with Crippen molar-refractivity contribution in [3.63, 3.8) is 0 Å². The van der Waals surface area contributed by atoms with Gasteiger partial charge in [0.1, 0.15) is 11.6 Å². The SMILES string of the molecule is O=C(NOCc1csc(-c2ccc(C(F)(F)F)cc2)n1)c1cccc(C(F)(F)F)c1. The number of alkyl halides is 6. The topological polar surface area (TPSA) is 51.2 Å². The number of hydroxylamine groups is 1. The summed E-state index contributed by atoms with van der Waals surface area (Å²) in [4.78, 5) is 21.1. The fraction of sp³-hybridized carbons (Fsp3) is 0.158. The minimum absolute atomic E-state index is 0.179. The van der Waals surface area contributed by atoms with Gasteiger partial charge in [-0.25, -0.2) is 10.5 Å². The van der Waals surface area contributed by atoms with Gasteiger partial charge in [0.2, 0.25) is 0 Å². The molecule has 1 aromatic heterocycles. The first-order valence-electron chi connectivity index (χ1n) is 8.25. The third kappa shape index (κ3) is 5.36. The summed E-state index contributed by atoms with van der Waals surface area (Å²) in [7, 11) is 0. The summed E-state index contributed by atoms with van der Waals surface area (Å²) in [5.74, 6) is -0.862. The molecule has 0 unspecified atom stereocenters. The molecule has 11 heteroatoms. The highest BCUT2D eigenvalue weighted by molar-refractivity contribution is 7.13. The fourth-order valence-electron chi connectivity index (χ4n) is 2.38. The number of rotatable bonds is 5. The highest BCUT2D eigenvalue weighted by Gasteiger charge is 2.31. The molecule has 0 saturated heterocycles. The Morgan fingerprint density at radius 1 is 0.967 bits per heavy atom. The Kier molecular flexibility index (Phi) is 6.13. The van der Waals surface area contributed by atoms with E-state index in [2.05, 4.69) is 4.98 Å². The zero-order chi connectivity index (χ0) is 21.9. The Morgan fingerprint density at radius 2 is 1.63 bits per heavy atom. The number of carbonyl (C=O) groups excluding carboxylic acids is 1. The molecule has 4 nitrogen and oxygen atoms in total. The summed E-state index contributed by atoms with van der Waals surface area (Å²) in [6.45, 7) is -0.179. The number of nitrogens with zero attached hydrogens (tertiary/aromatic N) is 1. The quantitative estimate of drug-likeness (QED) is 0.404. The summed E-state index contributed by atoms with van der Waals surface area (Å²) >= 11 is 1.17. The lowest BCUT2D eigenvalue weighted by Gasteiger charge is -2.09. The standard InChI is InChI=1S/C19H12F6N2O2S/c20-18(21,22)13-6-4-11(5-7-13)17-26-15(10-30-17)9-29-27-16(28)12-2-1-3-14(8-12)19(23,24)25/h1-8,10H,9H2,(H,27,28). The van der Waals surface area contributed by atoms with Gasteiger partial charge >= 0.3 is 12.4 Å². The van der Waals surface area contributed by atoms with E-state index in [0.29, 0.717) is 22.3 Å². The van der Waals surface area contributed by atoms with Crippen molar-refractivity contribution in [3.05, 3.63) is 76.3 Å². The van der Waals surface area contributed by atoms with Crippen LogP contribution >= 0.6 is 11.3 Å². The van der Waals surface area contributed by atoms with Crippen LogP contribution in [0.5, 0.6) is 0 Å². The van der Waals surface area contributed by atoms with Crippen LogP contribution in [0.25, 0.3) is 10.6 Å². The molecule has 1 N–H and O–H groups in total. The second-order valence-corrected chi connectivity index (χ2v) is 6.88. The van der Waals surface area contributed by atoms with Gasteiger partial charge in [0.15, 0.2) is 0 Å². The van der Waals surface area contributed by atoms with Gasteiger partial charge in [-0.15, -0.1) is 11.3 Å². The third-order valence-corrected chi connectivity index (χ3v) is 4.79. The van der Waals surface area contributed by atoms with E-state index in [1.807, 2.05) is 5.48 Å². The van der Waals surface area contributed by atoms with Gasteiger partial charge in [-0.3, -0.25) is 9.63 Å². The van der Waals surface area contributed by atoms with E-state index in [4.69, 9.17) is 4.84 Å². The van der Waals surface area contributed by atoms with Crippen molar-refractivity contribution < 1.29 is 36.0 Å². The van der Waals surface area contributed by atoms with Crippen molar-refractivity contribution in [2.45, 2.75) is 19.0 Å². The molecular weight excluding hydrogens is 434 g/mol. The molecule has 0 saturated carbocycles. The van der Waals surface area contributed by atoms with Crippen molar-refractivity contribution in [2.24, 2.45) is 0 Å². The molecule has 0 spiro atoms. The molecule has 0 aliphatic rings. The Bertz CT molecular complexity index is 1030. The average molecular weight is 446 g/mol. The number of amides is 1. The summed E-state index contributed by atoms with van der Waals surface area (Å²) < 4.78 is 75.9. The average Bonchev–Trinajstić information content (AvgIpc) is 3.16. The molecule has 0 aliphatic carbocycles. The number of nitrogens with one attached hydrogen (secondary N) is 1. The van der Waals surface area contributed by atoms with Gasteiger partial charge in [-0.1, -0.05) is 18.2 Å². The predicted octanol–water partition coefficient (Wildman–Crippen LogP) is 5.71. The van der Waals surface area contributed by atoms with Crippen molar-refractivity contribution in [1.82, 2.24) is 10.5 Å². The van der Waals surface area contributed by atoms with E-state index in [-0.39, 0.29) is 12.2 Å². The Hall–Kier alpha value is -2.92. The first-order valence-corrected chi connectivity index (χ1v) is 9.13. The van der Waals surface area contributed by atoms with E-state index in [9.17, 15) is 31.1 Å². The highest BCUT2D eigenvalue weighted by atomic mass is 32.1. The maximum atomic E-state index is 12.7. The van der Waals surface area contributed by atoms with Crippen LogP contribution in [0.1, 0.15) is 27.2 Å². The van der Waals surface area contributed by atoms with Crippen molar-refractivity contribution in [3.8, 4) is 10.6 Å². The van der Waals surface area contributed by atoms with E-state index >= 15 is 0 Å². The Labute approximate surface area is 170 Å². The summed E-state index contributed by atoms with van der Waals surface area (Å²) in [5, 5.41) is 2.04. The summed E-state index contributed by atoms with van der Waals surface area (Å²) in [6.07, 6.45) is -9.01. The predicted molar refractivity (Wildman–Crippen MR) is 96.3 cm³/mol. The van der Waals surface area contributed by atoms with Gasteiger partial charge in [-0.2, -0.15) is 26.3 Å². The van der Waals surface area contributed by atoms with Crippen molar-refractivity contribution in [2.75, 3.05) is 0 Å². The van der Waals surface area contributed by atoms with Gasteiger partial charge in [0.05, 0.1) is 16.8 Å². The van der Waals surface area contributed by atoms with E-state index < -0.39 is 29.4 Å². The Morgan fingerprint density at radius 3 is 2.27 bits per heavy atom. The lowest BCUT2D eigenvalue weighted by molar-refractivity contribution is -0.138. The molecule has 30 heavy (non-hydrogen) atoms. The number of halogens is 6. The van der Waals surface area contributed by atoms with Gasteiger partial charge in [-0.05, 0) is 30.3 Å². The number of benzene rings is 2. The van der Waals surface area contributed by atoms with Crippen LogP contribution in [0.3, 0.4) is 0 Å². The van der Waals surface area contributed by atoms with E-state index in [1.165, 1.54) is 29.5 Å². The molecule has 0 fully saturated rings. The molecule has 2 aromatic carbocycles. The molecular formula is C19H12F6N2O2S. The normalized spacial score (nSPS) is 12.1. The monoisotopic (exact) mass is 446 g/mol. The molecule has 3 rings (SSSR count). The second-order valence-electron chi connectivity index (χ2n) is 6.02. The maximum Gasteiger partial charge on any atom is 0.416 e. The minimum atomic E-state index is -4.58. The number of thiazole rings is 1. The van der Waals surface area contributed by atoms with Crippen LogP contribution in [0.15, 0.2) is 53.9 Å². The maximum absolute atomic E-state index is 12.7. The van der Waals surface area contributed by atoms with Crippen LogP contribution in [0, 0.1) is 0 Å². The zero-order valence-corrected chi connectivity index (χ0v) is 15.7. The summed E-state index contributed by atoms with van der Waals surface area (Å²) in [6, 6.07) is 8.34. The Balaban J connectivity index is 1.58. The number of carbonyl (C=O) groups is 1. The molecule has 0 atom stereocenters. The molecule has 3 aromatic rings. The van der Waals surface area contributed by atoms with Gasteiger partial charge in [0, 0.05) is 16.5 Å². The molecule has 1 heterocycles. The van der Waals surface area contributed by atoms with Crippen LogP contribution in [-0.2, 0) is 23.8 Å². The fourth-order valence-corrected chi connectivity index (χ4v) is 3.19. The van der Waals surface area contributed by atoms with E-state index in [0.717, 1.165) is 24.3 Å². The molecule has 0 aliphatic heterocycles. The van der Waals surface area contributed by atoms with E-state index in [1.54, 1.807) is 5.38 Å².